The Hall–Kier alpha value is -3.79. The van der Waals surface area contributed by atoms with E-state index in [4.69, 9.17) is 13.9 Å². The number of esters is 1. The van der Waals surface area contributed by atoms with Gasteiger partial charge < -0.3 is 18.5 Å². The van der Waals surface area contributed by atoms with Crippen LogP contribution in [0, 0.1) is 25.2 Å². The Morgan fingerprint density at radius 3 is 2.71 bits per heavy atom. The molecule has 7 heteroatoms. The average Bonchev–Trinajstić information content (AvgIpc) is 3.02. The number of hydrogen-bond donors (Lipinski definition) is 0. The first kappa shape index (κ1) is 21.9. The molecule has 0 fully saturated rings. The molecule has 0 atom stereocenters. The predicted octanol–water partition coefficient (Wildman–Crippen LogP) is 4.28. The van der Waals surface area contributed by atoms with E-state index in [1.807, 2.05) is 26.0 Å². The van der Waals surface area contributed by atoms with Gasteiger partial charge in [0.1, 0.15) is 29.6 Å². The summed E-state index contributed by atoms with van der Waals surface area (Å²) < 4.78 is 17.8. The minimum atomic E-state index is -0.752. The molecule has 160 valence electrons. The van der Waals surface area contributed by atoms with E-state index in [9.17, 15) is 14.9 Å². The van der Waals surface area contributed by atoms with Gasteiger partial charge in [0.25, 0.3) is 0 Å². The smallest absolute Gasteiger partial charge is 0.349 e. The van der Waals surface area contributed by atoms with Gasteiger partial charge in [-0.05, 0) is 50.1 Å². The van der Waals surface area contributed by atoms with Crippen molar-refractivity contribution in [2.75, 3.05) is 7.11 Å². The molecular formula is C24H24N2O5. The quantitative estimate of drug-likeness (QED) is 0.245. The predicted molar refractivity (Wildman–Crippen MR) is 117 cm³/mol. The number of ether oxygens (including phenoxy) is 2. The van der Waals surface area contributed by atoms with Gasteiger partial charge in [-0.1, -0.05) is 6.92 Å². The van der Waals surface area contributed by atoms with E-state index in [-0.39, 0.29) is 12.2 Å². The van der Waals surface area contributed by atoms with Crippen LogP contribution in [0.25, 0.3) is 17.0 Å². The van der Waals surface area contributed by atoms with Crippen molar-refractivity contribution in [2.45, 2.75) is 40.3 Å². The number of hydrogen-bond acceptors (Lipinski definition) is 6. The molecule has 31 heavy (non-hydrogen) atoms. The van der Waals surface area contributed by atoms with E-state index in [0.29, 0.717) is 22.3 Å². The van der Waals surface area contributed by atoms with Gasteiger partial charge in [0.15, 0.2) is 0 Å². The molecule has 0 N–H and O–H groups in total. The van der Waals surface area contributed by atoms with Crippen LogP contribution < -0.4 is 10.4 Å². The van der Waals surface area contributed by atoms with Crippen LogP contribution in [0.2, 0.25) is 0 Å². The van der Waals surface area contributed by atoms with Crippen LogP contribution in [0.15, 0.2) is 45.1 Å². The van der Waals surface area contributed by atoms with Crippen molar-refractivity contribution in [3.05, 3.63) is 68.8 Å². The fraction of sp³-hybridized carbons (Fsp3) is 0.292. The third kappa shape index (κ3) is 4.69. The van der Waals surface area contributed by atoms with E-state index in [2.05, 4.69) is 11.5 Å². The number of nitrogens with zero attached hydrogens (tertiary/aromatic N) is 2. The minimum Gasteiger partial charge on any atom is -0.497 e. The van der Waals surface area contributed by atoms with Crippen LogP contribution in [0.5, 0.6) is 5.75 Å². The second-order valence-electron chi connectivity index (χ2n) is 7.18. The largest absolute Gasteiger partial charge is 0.497 e. The molecular weight excluding hydrogens is 396 g/mol. The van der Waals surface area contributed by atoms with Crippen molar-refractivity contribution in [1.29, 1.82) is 5.26 Å². The molecule has 0 aliphatic heterocycles. The molecule has 1 aromatic carbocycles. The summed E-state index contributed by atoms with van der Waals surface area (Å²) in [4.78, 5) is 24.5. The zero-order chi connectivity index (χ0) is 22.5. The van der Waals surface area contributed by atoms with Gasteiger partial charge in [0.2, 0.25) is 0 Å². The van der Waals surface area contributed by atoms with Gasteiger partial charge >= 0.3 is 11.6 Å². The summed E-state index contributed by atoms with van der Waals surface area (Å²) in [6.45, 7) is 6.74. The summed E-state index contributed by atoms with van der Waals surface area (Å²) in [6.07, 6.45) is 2.52. The van der Waals surface area contributed by atoms with E-state index >= 15 is 0 Å². The standard InChI is InChI=1S/C24H24N2O5/c1-5-8-26-15(2)9-17(16(26)3)10-18(13-25)24(28)30-14-19-11-23(27)31-22-12-20(29-4)6-7-21(19)22/h6-7,9-12H,5,8,14H2,1-4H3. The molecule has 2 aromatic heterocycles. The monoisotopic (exact) mass is 420 g/mol. The van der Waals surface area contributed by atoms with E-state index in [1.54, 1.807) is 24.3 Å². The first-order chi connectivity index (χ1) is 14.9. The molecule has 0 aliphatic carbocycles. The lowest BCUT2D eigenvalue weighted by atomic mass is 10.1. The van der Waals surface area contributed by atoms with Crippen molar-refractivity contribution in [1.82, 2.24) is 4.57 Å². The Morgan fingerprint density at radius 2 is 2.03 bits per heavy atom. The lowest BCUT2D eigenvalue weighted by molar-refractivity contribution is -0.139. The van der Waals surface area contributed by atoms with Crippen LogP contribution >= 0.6 is 0 Å². The third-order valence-electron chi connectivity index (χ3n) is 5.10. The van der Waals surface area contributed by atoms with Crippen molar-refractivity contribution in [2.24, 2.45) is 0 Å². The molecule has 0 bridgehead atoms. The average molecular weight is 420 g/mol. The number of carbonyl (C=O) groups is 1. The lowest BCUT2D eigenvalue weighted by Crippen LogP contribution is -2.09. The Morgan fingerprint density at radius 1 is 1.26 bits per heavy atom. The summed E-state index contributed by atoms with van der Waals surface area (Å²) in [6, 6.07) is 10.2. The third-order valence-corrected chi connectivity index (χ3v) is 5.10. The SMILES string of the molecule is CCCn1c(C)cc(C=C(C#N)C(=O)OCc2cc(=O)oc3cc(OC)ccc23)c1C. The maximum Gasteiger partial charge on any atom is 0.349 e. The first-order valence-electron chi connectivity index (χ1n) is 9.94. The molecule has 0 saturated carbocycles. The fourth-order valence-corrected chi connectivity index (χ4v) is 3.51. The summed E-state index contributed by atoms with van der Waals surface area (Å²) in [5.74, 6) is -0.210. The van der Waals surface area contributed by atoms with Crippen molar-refractivity contribution in [3.8, 4) is 11.8 Å². The van der Waals surface area contributed by atoms with Gasteiger partial charge in [-0.25, -0.2) is 9.59 Å². The highest BCUT2D eigenvalue weighted by Gasteiger charge is 2.15. The maximum absolute atomic E-state index is 12.6. The molecule has 3 rings (SSSR count). The lowest BCUT2D eigenvalue weighted by Gasteiger charge is -2.08. The normalized spacial score (nSPS) is 11.4. The van der Waals surface area contributed by atoms with Gasteiger partial charge in [-0.2, -0.15) is 5.26 Å². The Balaban J connectivity index is 1.84. The number of methoxy groups -OCH3 is 1. The highest BCUT2D eigenvalue weighted by molar-refractivity contribution is 5.98. The molecule has 0 amide bonds. The number of carbonyl (C=O) groups excluding carboxylic acids is 1. The maximum atomic E-state index is 12.6. The van der Waals surface area contributed by atoms with Crippen LogP contribution in [0.1, 0.15) is 35.9 Å². The van der Waals surface area contributed by atoms with Crippen LogP contribution in [0.4, 0.5) is 0 Å². The van der Waals surface area contributed by atoms with E-state index < -0.39 is 11.6 Å². The summed E-state index contributed by atoms with van der Waals surface area (Å²) in [7, 11) is 1.51. The van der Waals surface area contributed by atoms with Crippen LogP contribution in [-0.4, -0.2) is 17.6 Å². The Labute approximate surface area is 180 Å². The number of benzene rings is 1. The second kappa shape index (κ2) is 9.35. The minimum absolute atomic E-state index is 0.106. The topological polar surface area (TPSA) is 94.5 Å². The fourth-order valence-electron chi connectivity index (χ4n) is 3.51. The first-order valence-corrected chi connectivity index (χ1v) is 9.94. The highest BCUT2D eigenvalue weighted by Crippen LogP contribution is 2.24. The summed E-state index contributed by atoms with van der Waals surface area (Å²) in [5, 5.41) is 10.1. The summed E-state index contributed by atoms with van der Waals surface area (Å²) >= 11 is 0. The molecule has 7 nitrogen and oxygen atoms in total. The Bertz CT molecular complexity index is 1260. The zero-order valence-electron chi connectivity index (χ0n) is 18.0. The number of rotatable bonds is 7. The van der Waals surface area contributed by atoms with Crippen LogP contribution in [-0.2, 0) is 22.7 Å². The molecule has 0 spiro atoms. The number of nitriles is 1. The Kier molecular flexibility index (Phi) is 6.61. The molecule has 0 radical (unpaired) electrons. The highest BCUT2D eigenvalue weighted by atomic mass is 16.5. The van der Waals surface area contributed by atoms with Gasteiger partial charge in [0.05, 0.1) is 7.11 Å². The molecule has 2 heterocycles. The molecule has 0 aliphatic rings. The number of aromatic nitrogens is 1. The zero-order valence-corrected chi connectivity index (χ0v) is 18.0. The van der Waals surface area contributed by atoms with Crippen molar-refractivity contribution in [3.63, 3.8) is 0 Å². The van der Waals surface area contributed by atoms with E-state index in [1.165, 1.54) is 13.2 Å². The van der Waals surface area contributed by atoms with Crippen molar-refractivity contribution >= 4 is 23.0 Å². The van der Waals surface area contributed by atoms with Gasteiger partial charge in [-0.3, -0.25) is 0 Å². The molecule has 3 aromatic rings. The van der Waals surface area contributed by atoms with Gasteiger partial charge in [0, 0.05) is 41.0 Å². The van der Waals surface area contributed by atoms with Gasteiger partial charge in [-0.15, -0.1) is 0 Å². The molecule has 0 unspecified atom stereocenters. The molecule has 0 saturated heterocycles. The summed E-state index contributed by atoms with van der Waals surface area (Å²) in [5.41, 5.74) is 3.00. The number of aryl methyl sites for hydroxylation is 1. The number of fused-ring (bicyclic) bond motifs is 1. The second-order valence-corrected chi connectivity index (χ2v) is 7.18. The van der Waals surface area contributed by atoms with Crippen LogP contribution in [0.3, 0.4) is 0 Å². The van der Waals surface area contributed by atoms with Crippen molar-refractivity contribution < 1.29 is 18.7 Å². The van der Waals surface area contributed by atoms with E-state index in [0.717, 1.165) is 29.9 Å².